The molecule has 0 atom stereocenters. The normalized spacial score (nSPS) is 18.5. The summed E-state index contributed by atoms with van der Waals surface area (Å²) >= 11 is 0. The van der Waals surface area contributed by atoms with E-state index >= 15 is 0 Å². The van der Waals surface area contributed by atoms with Gasteiger partial charge >= 0.3 is 6.18 Å². The van der Waals surface area contributed by atoms with Gasteiger partial charge in [0.25, 0.3) is 0 Å². The molecule has 0 aliphatic heterocycles. The van der Waals surface area contributed by atoms with Crippen LogP contribution in [0.1, 0.15) is 12.8 Å². The van der Waals surface area contributed by atoms with Crippen molar-refractivity contribution in [1.29, 1.82) is 0 Å². The molecule has 0 heterocycles. The Morgan fingerprint density at radius 2 is 1.93 bits per heavy atom. The Bertz CT molecular complexity index is 283. The van der Waals surface area contributed by atoms with E-state index in [0.29, 0.717) is 0 Å². The summed E-state index contributed by atoms with van der Waals surface area (Å²) in [7, 11) is -3.71. The van der Waals surface area contributed by atoms with E-state index in [9.17, 15) is 21.6 Å². The van der Waals surface area contributed by atoms with E-state index in [2.05, 4.69) is 4.84 Å². The van der Waals surface area contributed by atoms with Gasteiger partial charge in [0.1, 0.15) is 0 Å². The van der Waals surface area contributed by atoms with Crippen LogP contribution in [-0.4, -0.2) is 27.0 Å². The highest BCUT2D eigenvalue weighted by Crippen LogP contribution is 2.29. The average molecular weight is 233 g/mol. The smallest absolute Gasteiger partial charge is 0.278 e. The number of alkyl halides is 3. The maximum Gasteiger partial charge on any atom is 0.413 e. The van der Waals surface area contributed by atoms with Crippen LogP contribution < -0.4 is 4.89 Å². The zero-order valence-electron chi connectivity index (χ0n) is 7.17. The summed E-state index contributed by atoms with van der Waals surface area (Å²) in [6.07, 6.45) is -2.91. The number of sulfonamides is 1. The summed E-state index contributed by atoms with van der Waals surface area (Å²) in [5.41, 5.74) is 0. The predicted octanol–water partition coefficient (Wildman–Crippen LogP) is 0.810. The number of rotatable bonds is 5. The minimum absolute atomic E-state index is 0.0713. The average Bonchev–Trinajstić information content (AvgIpc) is 2.66. The molecule has 1 aliphatic rings. The van der Waals surface area contributed by atoms with Gasteiger partial charge in [-0.05, 0) is 18.8 Å². The van der Waals surface area contributed by atoms with E-state index < -0.39 is 22.8 Å². The summed E-state index contributed by atoms with van der Waals surface area (Å²) in [6, 6.07) is 0. The fourth-order valence-electron chi connectivity index (χ4n) is 0.830. The Labute approximate surface area is 79.4 Å². The first-order chi connectivity index (χ1) is 6.29. The van der Waals surface area contributed by atoms with E-state index in [1.165, 1.54) is 4.89 Å². The molecule has 14 heavy (non-hydrogen) atoms. The molecule has 0 radical (unpaired) electrons. The van der Waals surface area contributed by atoms with Crippen molar-refractivity contribution in [3.63, 3.8) is 0 Å². The Morgan fingerprint density at radius 1 is 1.36 bits per heavy atom. The van der Waals surface area contributed by atoms with Crippen LogP contribution in [0.5, 0.6) is 0 Å². The lowest BCUT2D eigenvalue weighted by Gasteiger charge is -2.08. The Kier molecular flexibility index (Phi) is 3.38. The van der Waals surface area contributed by atoms with E-state index in [4.69, 9.17) is 0 Å². The van der Waals surface area contributed by atoms with E-state index in [1.807, 2.05) is 0 Å². The first kappa shape index (κ1) is 11.7. The molecule has 1 fully saturated rings. The standard InChI is InChI=1S/C6H10F3NO3S/c7-6(8,9)4-13-10-14(11,12)3-5-1-2-5/h5,10H,1-4H2. The molecule has 8 heteroatoms. The molecule has 1 saturated carbocycles. The molecule has 0 aromatic carbocycles. The van der Waals surface area contributed by atoms with Gasteiger partial charge in [-0.3, -0.25) is 4.84 Å². The quantitative estimate of drug-likeness (QED) is 0.715. The van der Waals surface area contributed by atoms with Gasteiger partial charge in [-0.1, -0.05) is 4.89 Å². The molecule has 0 saturated heterocycles. The second-order valence-electron chi connectivity index (χ2n) is 3.21. The third-order valence-electron chi connectivity index (χ3n) is 1.57. The molecule has 0 aromatic rings. The van der Waals surface area contributed by atoms with Crippen molar-refractivity contribution < 1.29 is 26.4 Å². The highest BCUT2D eigenvalue weighted by Gasteiger charge is 2.31. The van der Waals surface area contributed by atoms with Crippen LogP contribution in [0.25, 0.3) is 0 Å². The van der Waals surface area contributed by atoms with Crippen LogP contribution in [0.2, 0.25) is 0 Å². The monoisotopic (exact) mass is 233 g/mol. The zero-order chi connectivity index (χ0) is 10.8. The van der Waals surface area contributed by atoms with Gasteiger partial charge in [-0.2, -0.15) is 13.2 Å². The van der Waals surface area contributed by atoms with Crippen LogP contribution in [-0.2, 0) is 14.9 Å². The second kappa shape index (κ2) is 4.03. The van der Waals surface area contributed by atoms with Crippen LogP contribution in [0, 0.1) is 5.92 Å². The summed E-state index contributed by atoms with van der Waals surface area (Å²) in [4.78, 5) is 5.27. The third kappa shape index (κ3) is 5.40. The van der Waals surface area contributed by atoms with E-state index in [1.54, 1.807) is 0 Å². The maximum absolute atomic E-state index is 11.5. The van der Waals surface area contributed by atoms with Gasteiger partial charge in [-0.25, -0.2) is 8.42 Å². The van der Waals surface area contributed by atoms with Crippen molar-refractivity contribution in [2.24, 2.45) is 5.92 Å². The summed E-state index contributed by atoms with van der Waals surface area (Å²) < 4.78 is 56.6. The minimum Gasteiger partial charge on any atom is -0.278 e. The zero-order valence-corrected chi connectivity index (χ0v) is 7.99. The summed E-state index contributed by atoms with van der Waals surface area (Å²) in [5.74, 6) is -0.0906. The fraction of sp³-hybridized carbons (Fsp3) is 1.00. The lowest BCUT2D eigenvalue weighted by Crippen LogP contribution is -2.31. The van der Waals surface area contributed by atoms with Crippen molar-refractivity contribution in [3.8, 4) is 0 Å². The predicted molar refractivity (Wildman–Crippen MR) is 41.7 cm³/mol. The molecule has 0 amide bonds. The van der Waals surface area contributed by atoms with Gasteiger partial charge in [0.05, 0.1) is 5.75 Å². The Morgan fingerprint density at radius 3 is 2.36 bits per heavy atom. The summed E-state index contributed by atoms with van der Waals surface area (Å²) in [6.45, 7) is -1.61. The number of hydrogen-bond acceptors (Lipinski definition) is 3. The van der Waals surface area contributed by atoms with Gasteiger partial charge in [0.2, 0.25) is 10.0 Å². The lowest BCUT2D eigenvalue weighted by atomic mass is 10.5. The topological polar surface area (TPSA) is 55.4 Å². The molecular formula is C6H10F3NO3S. The molecule has 0 bridgehead atoms. The van der Waals surface area contributed by atoms with Crippen LogP contribution in [0.3, 0.4) is 0 Å². The largest absolute Gasteiger partial charge is 0.413 e. The molecule has 84 valence electrons. The maximum atomic E-state index is 11.5. The fourth-order valence-corrected chi connectivity index (χ4v) is 2.09. The van der Waals surface area contributed by atoms with E-state index in [-0.39, 0.29) is 11.7 Å². The van der Waals surface area contributed by atoms with Crippen LogP contribution in [0.4, 0.5) is 13.2 Å². The van der Waals surface area contributed by atoms with Gasteiger partial charge in [-0.15, -0.1) is 0 Å². The number of hydrogen-bond donors (Lipinski definition) is 1. The van der Waals surface area contributed by atoms with Crippen molar-refractivity contribution >= 4 is 10.0 Å². The molecule has 0 unspecified atom stereocenters. The highest BCUT2D eigenvalue weighted by atomic mass is 32.2. The molecule has 1 N–H and O–H groups in total. The molecular weight excluding hydrogens is 223 g/mol. The number of halogens is 3. The van der Waals surface area contributed by atoms with Crippen LogP contribution >= 0.6 is 0 Å². The number of nitrogens with one attached hydrogen (secondary N) is 1. The molecule has 1 aliphatic carbocycles. The van der Waals surface area contributed by atoms with E-state index in [0.717, 1.165) is 12.8 Å². The summed E-state index contributed by atoms with van der Waals surface area (Å²) in [5, 5.41) is 0. The Balaban J connectivity index is 2.22. The minimum atomic E-state index is -4.53. The van der Waals surface area contributed by atoms with Crippen molar-refractivity contribution in [2.45, 2.75) is 19.0 Å². The lowest BCUT2D eigenvalue weighted by molar-refractivity contribution is -0.181. The molecule has 4 nitrogen and oxygen atoms in total. The SMILES string of the molecule is O=S(=O)(CC1CC1)NOCC(F)(F)F. The van der Waals surface area contributed by atoms with Crippen LogP contribution in [0.15, 0.2) is 0 Å². The van der Waals surface area contributed by atoms with Crippen molar-refractivity contribution in [1.82, 2.24) is 4.89 Å². The molecule has 0 aromatic heterocycles. The third-order valence-corrected chi connectivity index (χ3v) is 2.86. The van der Waals surface area contributed by atoms with Gasteiger partial charge in [0, 0.05) is 0 Å². The Hall–Kier alpha value is -0.340. The van der Waals surface area contributed by atoms with Crippen molar-refractivity contribution in [3.05, 3.63) is 0 Å². The molecule has 1 rings (SSSR count). The van der Waals surface area contributed by atoms with Crippen molar-refractivity contribution in [2.75, 3.05) is 12.4 Å². The second-order valence-corrected chi connectivity index (χ2v) is 4.94. The molecule has 0 spiro atoms. The highest BCUT2D eigenvalue weighted by molar-refractivity contribution is 7.89. The van der Waals surface area contributed by atoms with Gasteiger partial charge < -0.3 is 0 Å². The first-order valence-electron chi connectivity index (χ1n) is 3.96. The first-order valence-corrected chi connectivity index (χ1v) is 5.62. The van der Waals surface area contributed by atoms with Gasteiger partial charge in [0.15, 0.2) is 6.61 Å².